The molecule has 0 saturated carbocycles. The fourth-order valence-electron chi connectivity index (χ4n) is 0.847. The third-order valence-electron chi connectivity index (χ3n) is 1.38. The zero-order valence-electron chi connectivity index (χ0n) is 4.50. The molecule has 0 aromatic carbocycles. The highest BCUT2D eigenvalue weighted by molar-refractivity contribution is 5.85. The van der Waals surface area contributed by atoms with Gasteiger partial charge in [-0.1, -0.05) is 0 Å². The molecule has 0 fully saturated rings. The van der Waals surface area contributed by atoms with Crippen molar-refractivity contribution in [3.63, 3.8) is 0 Å². The summed E-state index contributed by atoms with van der Waals surface area (Å²) in [6.45, 7) is 0. The van der Waals surface area contributed by atoms with Crippen molar-refractivity contribution in [3.05, 3.63) is 28.3 Å². The molecule has 0 aliphatic heterocycles. The van der Waals surface area contributed by atoms with Crippen LogP contribution in [0, 0.1) is 10.1 Å². The van der Waals surface area contributed by atoms with Gasteiger partial charge in [-0.3, -0.25) is 10.1 Å². The van der Waals surface area contributed by atoms with Gasteiger partial charge in [0.05, 0.1) is 4.92 Å². The van der Waals surface area contributed by atoms with Gasteiger partial charge in [-0.25, -0.2) is 0 Å². The number of hydrogen-bond donors (Lipinski definition) is 0. The average Bonchev–Trinajstić information content (AvgIpc) is 2.40. The number of nitrogens with zero attached hydrogens (tertiary/aromatic N) is 1. The second-order valence-electron chi connectivity index (χ2n) is 2.03. The van der Waals surface area contributed by atoms with Crippen LogP contribution < -0.4 is 0 Å². The zero-order valence-corrected chi connectivity index (χ0v) is 4.50. The first-order chi connectivity index (χ1) is 4.27. The summed E-state index contributed by atoms with van der Waals surface area (Å²) in [7, 11) is 0. The molecule has 0 heterocycles. The van der Waals surface area contributed by atoms with Crippen LogP contribution in [0.15, 0.2) is 18.2 Å². The van der Waals surface area contributed by atoms with Crippen molar-refractivity contribution in [1.82, 2.24) is 0 Å². The van der Waals surface area contributed by atoms with E-state index in [0.717, 1.165) is 11.1 Å². The van der Waals surface area contributed by atoms with Crippen LogP contribution in [0.5, 0.6) is 0 Å². The van der Waals surface area contributed by atoms with Gasteiger partial charge in [-0.05, 0) is 17.2 Å². The minimum Gasteiger partial charge on any atom is -0.258 e. The van der Waals surface area contributed by atoms with Crippen LogP contribution in [0.25, 0.3) is 11.1 Å². The molecule has 2 aliphatic carbocycles. The van der Waals surface area contributed by atoms with E-state index in [1.54, 1.807) is 12.1 Å². The lowest BCUT2D eigenvalue weighted by atomic mass is 10.5. The average molecular weight is 121 g/mol. The van der Waals surface area contributed by atoms with E-state index in [0.29, 0.717) is 0 Å². The monoisotopic (exact) mass is 121 g/mol. The topological polar surface area (TPSA) is 43.1 Å². The SMILES string of the molecule is O=[N+]([O-])c1cc2cc-2c1. The Kier molecular flexibility index (Phi) is 0.563. The number of nitro groups is 1. The van der Waals surface area contributed by atoms with Crippen LogP contribution in [-0.4, -0.2) is 4.92 Å². The van der Waals surface area contributed by atoms with Gasteiger partial charge in [0.15, 0.2) is 0 Å². The Morgan fingerprint density at radius 1 is 1.22 bits per heavy atom. The van der Waals surface area contributed by atoms with Gasteiger partial charge in [-0.15, -0.1) is 0 Å². The summed E-state index contributed by atoms with van der Waals surface area (Å²) in [4.78, 5) is 9.66. The van der Waals surface area contributed by atoms with Crippen LogP contribution >= 0.6 is 0 Å². The number of non-ortho nitro benzene ring substituents is 1. The molecule has 0 spiro atoms. The smallest absolute Gasteiger partial charge is 0.258 e. The Morgan fingerprint density at radius 3 is 2.11 bits per heavy atom. The highest BCUT2D eigenvalue weighted by Crippen LogP contribution is 2.39. The molecule has 2 aliphatic rings. The lowest BCUT2D eigenvalue weighted by Crippen LogP contribution is -1.82. The summed E-state index contributed by atoms with van der Waals surface area (Å²) in [6.07, 6.45) is 0. The van der Waals surface area contributed by atoms with Gasteiger partial charge in [-0.2, -0.15) is 0 Å². The number of nitro benzene ring substituents is 1. The summed E-state index contributed by atoms with van der Waals surface area (Å²) >= 11 is 0. The van der Waals surface area contributed by atoms with E-state index in [4.69, 9.17) is 0 Å². The van der Waals surface area contributed by atoms with Crippen LogP contribution in [0.2, 0.25) is 0 Å². The highest BCUT2D eigenvalue weighted by Gasteiger charge is 2.19. The molecule has 0 saturated heterocycles. The van der Waals surface area contributed by atoms with Crippen molar-refractivity contribution in [2.45, 2.75) is 0 Å². The molecule has 3 heteroatoms. The molecule has 9 heavy (non-hydrogen) atoms. The van der Waals surface area contributed by atoms with E-state index in [9.17, 15) is 10.1 Å². The van der Waals surface area contributed by atoms with Crippen LogP contribution in [0.1, 0.15) is 0 Å². The molecule has 0 unspecified atom stereocenters. The van der Waals surface area contributed by atoms with Crippen molar-refractivity contribution in [1.29, 1.82) is 0 Å². The van der Waals surface area contributed by atoms with Crippen molar-refractivity contribution in [2.24, 2.45) is 0 Å². The van der Waals surface area contributed by atoms with Crippen molar-refractivity contribution < 1.29 is 4.92 Å². The molecule has 0 aromatic rings. The molecule has 0 atom stereocenters. The minimum atomic E-state index is -0.375. The largest absolute Gasteiger partial charge is 0.270 e. The van der Waals surface area contributed by atoms with E-state index in [2.05, 4.69) is 0 Å². The molecule has 0 amide bonds. The second kappa shape index (κ2) is 1.13. The molecule has 2 rings (SSSR count). The number of fused-ring (bicyclic) bond motifs is 1. The second-order valence-corrected chi connectivity index (χ2v) is 2.03. The number of rotatable bonds is 1. The third-order valence-corrected chi connectivity index (χ3v) is 1.38. The number of hydrogen-bond acceptors (Lipinski definition) is 2. The van der Waals surface area contributed by atoms with Gasteiger partial charge in [0.25, 0.3) is 5.69 Å². The lowest BCUT2D eigenvalue weighted by molar-refractivity contribution is -0.384. The van der Waals surface area contributed by atoms with E-state index >= 15 is 0 Å². The molecule has 0 bridgehead atoms. The maximum atomic E-state index is 10.0. The first-order valence-corrected chi connectivity index (χ1v) is 2.57. The molecular formula is C6H3NO2. The summed E-state index contributed by atoms with van der Waals surface area (Å²) < 4.78 is 0. The molecule has 0 radical (unpaired) electrons. The molecule has 0 aromatic heterocycles. The zero-order chi connectivity index (χ0) is 6.43. The van der Waals surface area contributed by atoms with Crippen LogP contribution in [0.3, 0.4) is 0 Å². The quantitative estimate of drug-likeness (QED) is 0.424. The fraction of sp³-hybridized carbons (Fsp3) is 0. The van der Waals surface area contributed by atoms with Gasteiger partial charge >= 0.3 is 0 Å². The Bertz CT molecular complexity index is 273. The maximum Gasteiger partial charge on any atom is 0.270 e. The third kappa shape index (κ3) is 0.512. The Morgan fingerprint density at radius 2 is 1.78 bits per heavy atom. The first-order valence-electron chi connectivity index (χ1n) is 2.57. The first kappa shape index (κ1) is 4.49. The van der Waals surface area contributed by atoms with Crippen molar-refractivity contribution in [2.75, 3.05) is 0 Å². The van der Waals surface area contributed by atoms with Crippen LogP contribution in [0.4, 0.5) is 5.69 Å². The maximum absolute atomic E-state index is 10.0. The normalized spacial score (nSPS) is 11.1. The van der Waals surface area contributed by atoms with Crippen molar-refractivity contribution >= 4 is 5.69 Å². The van der Waals surface area contributed by atoms with E-state index in [-0.39, 0.29) is 10.6 Å². The van der Waals surface area contributed by atoms with E-state index < -0.39 is 0 Å². The molecule has 0 N–H and O–H groups in total. The summed E-state index contributed by atoms with van der Waals surface area (Å²) in [5.41, 5.74) is 2.24. The Balaban J connectivity index is 2.49. The van der Waals surface area contributed by atoms with Crippen molar-refractivity contribution in [3.8, 4) is 11.1 Å². The van der Waals surface area contributed by atoms with Gasteiger partial charge in [0.2, 0.25) is 0 Å². The lowest BCUT2D eigenvalue weighted by Gasteiger charge is -1.78. The highest BCUT2D eigenvalue weighted by atomic mass is 16.6. The molecule has 3 nitrogen and oxygen atoms in total. The Labute approximate surface area is 51.1 Å². The number of benzene rings is 1. The summed E-state index contributed by atoms with van der Waals surface area (Å²) in [5, 5.41) is 10.0. The Hall–Kier alpha value is -1.38. The van der Waals surface area contributed by atoms with E-state index in [1.165, 1.54) is 0 Å². The molecule has 44 valence electrons. The predicted octanol–water partition coefficient (Wildman–Crippen LogP) is 1.58. The van der Waals surface area contributed by atoms with Crippen LogP contribution in [-0.2, 0) is 0 Å². The predicted molar refractivity (Wildman–Crippen MR) is 32.1 cm³/mol. The van der Waals surface area contributed by atoms with Gasteiger partial charge in [0.1, 0.15) is 0 Å². The van der Waals surface area contributed by atoms with Gasteiger partial charge < -0.3 is 0 Å². The standard InChI is InChI=1S/C6H3NO2/c8-7(9)6-2-4-1-5(4)3-6/h1-3H. The minimum absolute atomic E-state index is 0.211. The van der Waals surface area contributed by atoms with E-state index in [1.807, 2.05) is 6.07 Å². The fourth-order valence-corrected chi connectivity index (χ4v) is 0.847. The summed E-state index contributed by atoms with van der Waals surface area (Å²) in [5.74, 6) is 0. The summed E-state index contributed by atoms with van der Waals surface area (Å²) in [6, 6.07) is 5.07. The van der Waals surface area contributed by atoms with Gasteiger partial charge in [0, 0.05) is 12.1 Å². The molecular weight excluding hydrogens is 118 g/mol.